The molecule has 0 saturated carbocycles. The molecule has 0 amide bonds. The van der Waals surface area contributed by atoms with E-state index in [0.717, 1.165) is 42.0 Å². The molecule has 0 heterocycles. The third-order valence-electron chi connectivity index (χ3n) is 7.22. The summed E-state index contributed by atoms with van der Waals surface area (Å²) >= 11 is 0. The standard InChI is InChI=1S/C40H42O10/c1-4-21-47-48-25-7-5-6-23-46-36-17-19-37(20-18-36)49-40(42)35-14-13-34-29-38(16-15-33(34)28-35)50-39(41)32-11-9-31(10-12-32)30(2)45-24-8-22-44-27-26-43-3/h9-21,28-29H,1-2,5-8,22-27H2,3H3. The molecule has 0 unspecified atom stereocenters. The van der Waals surface area contributed by atoms with Crippen molar-refractivity contribution in [2.24, 2.45) is 0 Å². The Morgan fingerprint density at radius 1 is 0.640 bits per heavy atom. The molecular weight excluding hydrogens is 640 g/mol. The van der Waals surface area contributed by atoms with Crippen LogP contribution in [0.15, 0.2) is 110 Å². The monoisotopic (exact) mass is 682 g/mol. The highest BCUT2D eigenvalue weighted by Gasteiger charge is 2.13. The molecule has 0 fully saturated rings. The average Bonchev–Trinajstić information content (AvgIpc) is 3.14. The fourth-order valence-corrected chi connectivity index (χ4v) is 4.57. The van der Waals surface area contributed by atoms with Gasteiger partial charge in [0, 0.05) is 25.7 Å². The molecule has 4 rings (SSSR count). The number of benzene rings is 4. The summed E-state index contributed by atoms with van der Waals surface area (Å²) in [7, 11) is 1.63. The van der Waals surface area contributed by atoms with Gasteiger partial charge in [-0.15, -0.1) is 0 Å². The molecule has 0 aromatic heterocycles. The summed E-state index contributed by atoms with van der Waals surface area (Å²) in [5, 5.41) is 1.59. The van der Waals surface area contributed by atoms with Gasteiger partial charge in [0.05, 0.1) is 44.2 Å². The van der Waals surface area contributed by atoms with E-state index < -0.39 is 11.9 Å². The third-order valence-corrected chi connectivity index (χ3v) is 7.22. The highest BCUT2D eigenvalue weighted by atomic mass is 17.2. The molecule has 0 bridgehead atoms. The summed E-state index contributed by atoms with van der Waals surface area (Å²) < 4.78 is 33.0. The van der Waals surface area contributed by atoms with Gasteiger partial charge in [-0.1, -0.05) is 43.2 Å². The van der Waals surface area contributed by atoms with Crippen molar-refractivity contribution in [3.05, 3.63) is 127 Å². The SMILES string of the molecule is C=C=COOCCCCCOc1ccc(OC(=O)c2ccc3cc(OC(=O)c4ccc(C(=C)OCCCOCCOC)cc4)ccc3c2)cc1. The molecule has 0 saturated heterocycles. The number of carbonyl (C=O) groups excluding carboxylic acids is 2. The van der Waals surface area contributed by atoms with Crippen molar-refractivity contribution in [2.75, 3.05) is 46.8 Å². The molecule has 4 aromatic carbocycles. The van der Waals surface area contributed by atoms with Crippen LogP contribution in [0.2, 0.25) is 0 Å². The number of methoxy groups -OCH3 is 1. The van der Waals surface area contributed by atoms with E-state index in [-0.39, 0.29) is 0 Å². The molecule has 0 spiro atoms. The van der Waals surface area contributed by atoms with Crippen LogP contribution >= 0.6 is 0 Å². The first kappa shape index (κ1) is 37.4. The van der Waals surface area contributed by atoms with E-state index in [1.807, 2.05) is 0 Å². The van der Waals surface area contributed by atoms with Gasteiger partial charge < -0.3 is 33.3 Å². The van der Waals surface area contributed by atoms with Gasteiger partial charge in [0.1, 0.15) is 23.0 Å². The zero-order valence-corrected chi connectivity index (χ0v) is 28.2. The van der Waals surface area contributed by atoms with Crippen LogP contribution in [-0.2, 0) is 24.0 Å². The van der Waals surface area contributed by atoms with Gasteiger partial charge in [0.25, 0.3) is 0 Å². The van der Waals surface area contributed by atoms with Gasteiger partial charge in [0.15, 0.2) is 6.26 Å². The molecular formula is C40H42O10. The average molecular weight is 683 g/mol. The highest BCUT2D eigenvalue weighted by molar-refractivity contribution is 5.97. The lowest BCUT2D eigenvalue weighted by molar-refractivity contribution is -0.248. The lowest BCUT2D eigenvalue weighted by atomic mass is 10.1. The number of ether oxygens (including phenoxy) is 6. The van der Waals surface area contributed by atoms with Gasteiger partial charge in [-0.2, -0.15) is 4.89 Å². The maximum absolute atomic E-state index is 12.9. The highest BCUT2D eigenvalue weighted by Crippen LogP contribution is 2.25. The van der Waals surface area contributed by atoms with Gasteiger partial charge in [0.2, 0.25) is 0 Å². The summed E-state index contributed by atoms with van der Waals surface area (Å²) in [6, 6.07) is 24.2. The molecule has 0 aliphatic heterocycles. The van der Waals surface area contributed by atoms with Crippen molar-refractivity contribution >= 4 is 28.5 Å². The minimum absolute atomic E-state index is 0.380. The number of carbonyl (C=O) groups is 2. The Kier molecular flexibility index (Phi) is 15.6. The minimum atomic E-state index is -0.499. The molecule has 4 aromatic rings. The van der Waals surface area contributed by atoms with E-state index in [9.17, 15) is 9.59 Å². The lowest BCUT2D eigenvalue weighted by Crippen LogP contribution is -2.09. The van der Waals surface area contributed by atoms with Crippen LogP contribution in [0.1, 0.15) is 52.0 Å². The minimum Gasteiger partial charge on any atom is -0.494 e. The van der Waals surface area contributed by atoms with Crippen molar-refractivity contribution in [2.45, 2.75) is 25.7 Å². The second kappa shape index (κ2) is 20.9. The summed E-state index contributed by atoms with van der Waals surface area (Å²) in [4.78, 5) is 35.3. The first-order chi connectivity index (χ1) is 24.5. The normalized spacial score (nSPS) is 10.6. The fourth-order valence-electron chi connectivity index (χ4n) is 4.57. The Morgan fingerprint density at radius 2 is 1.28 bits per heavy atom. The molecule has 262 valence electrons. The van der Waals surface area contributed by atoms with Crippen LogP contribution in [0.25, 0.3) is 16.5 Å². The van der Waals surface area contributed by atoms with E-state index in [1.54, 1.807) is 92.0 Å². The van der Waals surface area contributed by atoms with Crippen LogP contribution in [0.4, 0.5) is 0 Å². The maximum Gasteiger partial charge on any atom is 0.343 e. The molecule has 0 atom stereocenters. The Morgan fingerprint density at radius 3 is 2.06 bits per heavy atom. The zero-order chi connectivity index (χ0) is 35.4. The first-order valence-corrected chi connectivity index (χ1v) is 16.3. The Bertz CT molecular complexity index is 1720. The van der Waals surface area contributed by atoms with Crippen LogP contribution in [0.5, 0.6) is 17.2 Å². The predicted octanol–water partition coefficient (Wildman–Crippen LogP) is 8.11. The van der Waals surface area contributed by atoms with Crippen LogP contribution in [0.3, 0.4) is 0 Å². The van der Waals surface area contributed by atoms with E-state index >= 15 is 0 Å². The Labute approximate surface area is 292 Å². The van der Waals surface area contributed by atoms with Gasteiger partial charge in [-0.05, 0) is 90.7 Å². The smallest absolute Gasteiger partial charge is 0.343 e. The topological polar surface area (TPSA) is 108 Å². The summed E-state index contributed by atoms with van der Waals surface area (Å²) in [6.07, 6.45) is 4.60. The molecule has 10 nitrogen and oxygen atoms in total. The van der Waals surface area contributed by atoms with E-state index in [1.165, 1.54) is 6.26 Å². The third kappa shape index (κ3) is 12.6. The molecule has 0 aliphatic rings. The number of esters is 2. The van der Waals surface area contributed by atoms with Crippen molar-refractivity contribution in [3.8, 4) is 17.2 Å². The van der Waals surface area contributed by atoms with Crippen molar-refractivity contribution in [1.82, 2.24) is 0 Å². The van der Waals surface area contributed by atoms with E-state index in [2.05, 4.69) is 18.9 Å². The summed E-state index contributed by atoms with van der Waals surface area (Å²) in [5.74, 6) is 0.987. The number of rotatable bonds is 22. The fraction of sp³-hybridized carbons (Fsp3) is 0.275. The lowest BCUT2D eigenvalue weighted by Gasteiger charge is -2.11. The largest absolute Gasteiger partial charge is 0.494 e. The molecule has 0 aliphatic carbocycles. The molecule has 10 heteroatoms. The van der Waals surface area contributed by atoms with Crippen molar-refractivity contribution in [1.29, 1.82) is 0 Å². The predicted molar refractivity (Wildman–Crippen MR) is 189 cm³/mol. The molecule has 0 N–H and O–H groups in total. The number of fused-ring (bicyclic) bond motifs is 1. The maximum atomic E-state index is 12.9. The van der Waals surface area contributed by atoms with Crippen molar-refractivity contribution in [3.63, 3.8) is 0 Å². The summed E-state index contributed by atoms with van der Waals surface area (Å²) in [6.45, 7) is 10.5. The second-order valence-corrected chi connectivity index (χ2v) is 10.9. The van der Waals surface area contributed by atoms with Crippen LogP contribution in [0, 0.1) is 0 Å². The van der Waals surface area contributed by atoms with E-state index in [4.69, 9.17) is 38.2 Å². The number of hydrogen-bond donors (Lipinski definition) is 0. The first-order valence-electron chi connectivity index (χ1n) is 16.3. The van der Waals surface area contributed by atoms with Gasteiger partial charge >= 0.3 is 11.9 Å². The molecule has 0 radical (unpaired) electrons. The Hall–Kier alpha value is -5.38. The zero-order valence-electron chi connectivity index (χ0n) is 28.2. The molecule has 50 heavy (non-hydrogen) atoms. The van der Waals surface area contributed by atoms with Gasteiger partial charge in [-0.3, -0.25) is 0 Å². The van der Waals surface area contributed by atoms with Gasteiger partial charge in [-0.25, -0.2) is 9.59 Å². The van der Waals surface area contributed by atoms with Crippen molar-refractivity contribution < 1.29 is 47.8 Å². The quantitative estimate of drug-likeness (QED) is 0.0153. The van der Waals surface area contributed by atoms with Crippen LogP contribution < -0.4 is 14.2 Å². The number of hydrogen-bond acceptors (Lipinski definition) is 10. The Balaban J connectivity index is 1.21. The second-order valence-electron chi connectivity index (χ2n) is 10.9. The van der Waals surface area contributed by atoms with E-state index in [0.29, 0.717) is 73.8 Å². The number of unbranched alkanes of at least 4 members (excludes halogenated alkanes) is 2. The summed E-state index contributed by atoms with van der Waals surface area (Å²) in [5.41, 5.74) is 4.00. The van der Waals surface area contributed by atoms with Crippen LogP contribution in [-0.4, -0.2) is 58.7 Å².